The van der Waals surface area contributed by atoms with E-state index in [9.17, 15) is 8.42 Å². The molecule has 2 rings (SSSR count). The average Bonchev–Trinajstić information content (AvgIpc) is 2.32. The quantitative estimate of drug-likeness (QED) is 0.828. The first-order valence-corrected chi connectivity index (χ1v) is 6.93. The summed E-state index contributed by atoms with van der Waals surface area (Å²) in [6.07, 6.45) is 0. The number of hydrogen-bond donors (Lipinski definition) is 2. The molecule has 0 radical (unpaired) electrons. The number of benzene rings is 2. The summed E-state index contributed by atoms with van der Waals surface area (Å²) in [5.41, 5.74) is 11.8. The molecule has 0 unspecified atom stereocenters. The van der Waals surface area contributed by atoms with Crippen molar-refractivity contribution in [2.45, 2.75) is 9.79 Å². The van der Waals surface area contributed by atoms with E-state index in [0.717, 1.165) is 0 Å². The van der Waals surface area contributed by atoms with Crippen molar-refractivity contribution in [3.8, 4) is 0 Å². The third-order valence-electron chi connectivity index (χ3n) is 2.45. The summed E-state index contributed by atoms with van der Waals surface area (Å²) >= 11 is 5.72. The van der Waals surface area contributed by atoms with Gasteiger partial charge in [0.05, 0.1) is 15.5 Å². The van der Waals surface area contributed by atoms with Crippen LogP contribution in [0, 0.1) is 0 Å². The lowest BCUT2D eigenvalue weighted by Gasteiger charge is -2.08. The molecule has 6 heteroatoms. The third kappa shape index (κ3) is 2.27. The Morgan fingerprint density at radius 1 is 0.944 bits per heavy atom. The van der Waals surface area contributed by atoms with Crippen LogP contribution < -0.4 is 11.5 Å². The second-order valence-electron chi connectivity index (χ2n) is 3.75. The summed E-state index contributed by atoms with van der Waals surface area (Å²) in [4.78, 5) is 0.133. The highest BCUT2D eigenvalue weighted by atomic mass is 35.5. The van der Waals surface area contributed by atoms with Crippen molar-refractivity contribution in [2.24, 2.45) is 0 Å². The van der Waals surface area contributed by atoms with Crippen LogP contribution in [-0.4, -0.2) is 8.42 Å². The Kier molecular flexibility index (Phi) is 3.19. The van der Waals surface area contributed by atoms with Crippen molar-refractivity contribution in [3.63, 3.8) is 0 Å². The molecule has 94 valence electrons. The summed E-state index contributed by atoms with van der Waals surface area (Å²) in [6.45, 7) is 0. The van der Waals surface area contributed by atoms with Crippen molar-refractivity contribution in [1.29, 1.82) is 0 Å². The average molecular weight is 283 g/mol. The molecule has 2 aromatic carbocycles. The largest absolute Gasteiger partial charge is 0.399 e. The van der Waals surface area contributed by atoms with E-state index in [1.54, 1.807) is 6.07 Å². The predicted molar refractivity (Wildman–Crippen MR) is 72.2 cm³/mol. The summed E-state index contributed by atoms with van der Waals surface area (Å²) in [5, 5.41) is 0.467. The van der Waals surface area contributed by atoms with Crippen LogP contribution >= 0.6 is 11.6 Å². The van der Waals surface area contributed by atoms with Gasteiger partial charge in [-0.2, -0.15) is 0 Å². The van der Waals surface area contributed by atoms with Crippen LogP contribution in [0.25, 0.3) is 0 Å². The molecule has 18 heavy (non-hydrogen) atoms. The normalized spacial score (nSPS) is 11.4. The van der Waals surface area contributed by atoms with E-state index in [1.165, 1.54) is 36.4 Å². The Labute approximate surface area is 110 Å². The molecule has 4 N–H and O–H groups in total. The van der Waals surface area contributed by atoms with Crippen LogP contribution in [-0.2, 0) is 9.84 Å². The molecular weight excluding hydrogens is 272 g/mol. The van der Waals surface area contributed by atoms with E-state index < -0.39 is 9.84 Å². The number of halogens is 1. The minimum Gasteiger partial charge on any atom is -0.399 e. The second kappa shape index (κ2) is 4.51. The minimum absolute atomic E-state index is 0.00447. The van der Waals surface area contributed by atoms with Crippen LogP contribution in [0.4, 0.5) is 11.4 Å². The fraction of sp³-hybridized carbons (Fsp3) is 0. The summed E-state index contributed by atoms with van der Waals surface area (Å²) < 4.78 is 24.7. The monoisotopic (exact) mass is 282 g/mol. The molecule has 0 amide bonds. The zero-order valence-corrected chi connectivity index (χ0v) is 10.9. The molecule has 0 heterocycles. The Hall–Kier alpha value is -1.72. The zero-order chi connectivity index (χ0) is 13.3. The highest BCUT2D eigenvalue weighted by Gasteiger charge is 2.20. The van der Waals surface area contributed by atoms with Gasteiger partial charge in [-0.3, -0.25) is 0 Å². The number of sulfone groups is 1. The summed E-state index contributed by atoms with van der Waals surface area (Å²) in [5.74, 6) is 0. The molecule has 0 aromatic heterocycles. The van der Waals surface area contributed by atoms with E-state index in [0.29, 0.717) is 10.7 Å². The van der Waals surface area contributed by atoms with Gasteiger partial charge in [-0.25, -0.2) is 8.42 Å². The maximum atomic E-state index is 12.3. The first kappa shape index (κ1) is 12.7. The molecule has 0 bridgehead atoms. The fourth-order valence-electron chi connectivity index (χ4n) is 1.52. The van der Waals surface area contributed by atoms with Crippen molar-refractivity contribution in [2.75, 3.05) is 11.5 Å². The molecule has 4 nitrogen and oxygen atoms in total. The van der Waals surface area contributed by atoms with Crippen molar-refractivity contribution >= 4 is 32.8 Å². The molecule has 0 aliphatic heterocycles. The number of rotatable bonds is 2. The van der Waals surface area contributed by atoms with Gasteiger partial charge >= 0.3 is 0 Å². The van der Waals surface area contributed by atoms with Gasteiger partial charge in [-0.05, 0) is 42.5 Å². The van der Waals surface area contributed by atoms with E-state index in [2.05, 4.69) is 0 Å². The van der Waals surface area contributed by atoms with Gasteiger partial charge < -0.3 is 11.5 Å². The molecule has 2 aromatic rings. The molecule has 0 aliphatic carbocycles. The van der Waals surface area contributed by atoms with Gasteiger partial charge in [0, 0.05) is 10.7 Å². The number of hydrogen-bond acceptors (Lipinski definition) is 4. The summed E-state index contributed by atoms with van der Waals surface area (Å²) in [6, 6.07) is 10.3. The van der Waals surface area contributed by atoms with Crippen LogP contribution in [0.2, 0.25) is 5.02 Å². The zero-order valence-electron chi connectivity index (χ0n) is 9.30. The lowest BCUT2D eigenvalue weighted by atomic mass is 10.3. The van der Waals surface area contributed by atoms with E-state index >= 15 is 0 Å². The van der Waals surface area contributed by atoms with Gasteiger partial charge in [0.2, 0.25) is 9.84 Å². The van der Waals surface area contributed by atoms with Gasteiger partial charge in [0.1, 0.15) is 0 Å². The SMILES string of the molecule is Nc1ccc(N)c(S(=O)(=O)c2ccc(Cl)cc2)c1. The van der Waals surface area contributed by atoms with Crippen LogP contribution in [0.3, 0.4) is 0 Å². The molecule has 0 spiro atoms. The third-order valence-corrected chi connectivity index (χ3v) is 4.53. The number of nitrogen functional groups attached to an aromatic ring is 2. The van der Waals surface area contributed by atoms with Crippen molar-refractivity contribution in [1.82, 2.24) is 0 Å². The maximum Gasteiger partial charge on any atom is 0.208 e. The van der Waals surface area contributed by atoms with E-state index in [1.807, 2.05) is 0 Å². The minimum atomic E-state index is -3.67. The molecule has 0 saturated heterocycles. The Morgan fingerprint density at radius 3 is 2.17 bits per heavy atom. The van der Waals surface area contributed by atoms with Crippen molar-refractivity contribution < 1.29 is 8.42 Å². The van der Waals surface area contributed by atoms with Crippen molar-refractivity contribution in [3.05, 3.63) is 47.5 Å². The first-order chi connectivity index (χ1) is 8.41. The molecule has 0 saturated carbocycles. The lowest BCUT2D eigenvalue weighted by Crippen LogP contribution is -2.06. The Morgan fingerprint density at radius 2 is 1.56 bits per heavy atom. The van der Waals surface area contributed by atoms with Crippen LogP contribution in [0.15, 0.2) is 52.3 Å². The van der Waals surface area contributed by atoms with Crippen LogP contribution in [0.1, 0.15) is 0 Å². The molecule has 0 atom stereocenters. The predicted octanol–water partition coefficient (Wildman–Crippen LogP) is 2.34. The van der Waals surface area contributed by atoms with E-state index in [4.69, 9.17) is 23.1 Å². The highest BCUT2D eigenvalue weighted by Crippen LogP contribution is 2.28. The van der Waals surface area contributed by atoms with Gasteiger partial charge in [0.15, 0.2) is 0 Å². The molecule has 0 aliphatic rings. The Balaban J connectivity index is 2.61. The topological polar surface area (TPSA) is 86.2 Å². The number of nitrogens with two attached hydrogens (primary N) is 2. The lowest BCUT2D eigenvalue weighted by molar-refractivity contribution is 0.596. The first-order valence-electron chi connectivity index (χ1n) is 5.07. The Bertz CT molecular complexity index is 682. The van der Waals surface area contributed by atoms with Gasteiger partial charge in [-0.1, -0.05) is 11.6 Å². The second-order valence-corrected chi connectivity index (χ2v) is 6.11. The van der Waals surface area contributed by atoms with Gasteiger partial charge in [0.25, 0.3) is 0 Å². The molecular formula is C12H11ClN2O2S. The smallest absolute Gasteiger partial charge is 0.208 e. The van der Waals surface area contributed by atoms with Crippen LogP contribution in [0.5, 0.6) is 0 Å². The number of anilines is 2. The van der Waals surface area contributed by atoms with Gasteiger partial charge in [-0.15, -0.1) is 0 Å². The maximum absolute atomic E-state index is 12.3. The summed E-state index contributed by atoms with van der Waals surface area (Å²) in [7, 11) is -3.67. The fourth-order valence-corrected chi connectivity index (χ4v) is 3.07. The standard InChI is InChI=1S/C12H11ClN2O2S/c13-8-1-4-10(5-2-8)18(16,17)12-7-9(14)3-6-11(12)15/h1-7H,14-15H2. The van der Waals surface area contributed by atoms with E-state index in [-0.39, 0.29) is 15.5 Å². The highest BCUT2D eigenvalue weighted by molar-refractivity contribution is 7.91. The molecule has 0 fully saturated rings.